The van der Waals surface area contributed by atoms with Crippen molar-refractivity contribution in [2.75, 3.05) is 29.4 Å². The van der Waals surface area contributed by atoms with Gasteiger partial charge in [-0.3, -0.25) is 14.3 Å². The van der Waals surface area contributed by atoms with E-state index in [1.165, 1.54) is 24.3 Å². The molecule has 1 heterocycles. The Hall–Kier alpha value is -2.94. The van der Waals surface area contributed by atoms with Crippen LogP contribution in [0.3, 0.4) is 0 Å². The Morgan fingerprint density at radius 2 is 1.66 bits per heavy atom. The fourth-order valence-corrected chi connectivity index (χ4v) is 3.79. The lowest BCUT2D eigenvalue weighted by Gasteiger charge is -2.31. The first-order valence-electron chi connectivity index (χ1n) is 9.15. The van der Waals surface area contributed by atoms with E-state index in [9.17, 15) is 22.4 Å². The molecule has 0 atom stereocenters. The first-order valence-corrected chi connectivity index (χ1v) is 11.0. The predicted molar refractivity (Wildman–Crippen MR) is 109 cm³/mol. The van der Waals surface area contributed by atoms with E-state index >= 15 is 0 Å². The van der Waals surface area contributed by atoms with Crippen LogP contribution < -0.4 is 10.0 Å². The molecular formula is C20H22FN3O4S. The van der Waals surface area contributed by atoms with Crippen molar-refractivity contribution in [2.45, 2.75) is 12.8 Å². The quantitative estimate of drug-likeness (QED) is 0.779. The lowest BCUT2D eigenvalue weighted by atomic mass is 9.95. The number of halogens is 1. The third-order valence-electron chi connectivity index (χ3n) is 4.68. The Morgan fingerprint density at radius 1 is 1.03 bits per heavy atom. The van der Waals surface area contributed by atoms with Crippen LogP contribution in [0.15, 0.2) is 48.5 Å². The first-order chi connectivity index (χ1) is 13.7. The normalized spacial score (nSPS) is 15.0. The molecule has 0 bridgehead atoms. The second-order valence-electron chi connectivity index (χ2n) is 7.02. The smallest absolute Gasteiger partial charge is 0.253 e. The van der Waals surface area contributed by atoms with Crippen LogP contribution >= 0.6 is 0 Å². The van der Waals surface area contributed by atoms with Gasteiger partial charge in [-0.25, -0.2) is 12.8 Å². The molecule has 1 aliphatic heterocycles. The van der Waals surface area contributed by atoms with E-state index in [1.807, 2.05) is 0 Å². The lowest BCUT2D eigenvalue weighted by Crippen LogP contribution is -2.41. The summed E-state index contributed by atoms with van der Waals surface area (Å²) in [5.41, 5.74) is 1.28. The summed E-state index contributed by atoms with van der Waals surface area (Å²) < 4.78 is 38.1. The highest BCUT2D eigenvalue weighted by Crippen LogP contribution is 2.22. The molecule has 29 heavy (non-hydrogen) atoms. The van der Waals surface area contributed by atoms with Crippen molar-refractivity contribution in [3.63, 3.8) is 0 Å². The minimum Gasteiger partial charge on any atom is -0.339 e. The highest BCUT2D eigenvalue weighted by atomic mass is 32.2. The number of amides is 2. The Kier molecular flexibility index (Phi) is 6.17. The standard InChI is InChI=1S/C20H22FN3O4S/c1-29(27,28)23-18-4-2-3-17(13-18)22-19(25)14-9-11-24(12-10-14)20(26)15-5-7-16(21)8-6-15/h2-8,13-14,23H,9-12H2,1H3,(H,22,25). The average Bonchev–Trinajstić information content (AvgIpc) is 2.67. The van der Waals surface area contributed by atoms with Gasteiger partial charge in [-0.15, -0.1) is 0 Å². The number of nitrogens with zero attached hydrogens (tertiary/aromatic N) is 1. The zero-order valence-corrected chi connectivity index (χ0v) is 16.7. The van der Waals surface area contributed by atoms with E-state index < -0.39 is 15.8 Å². The average molecular weight is 419 g/mol. The number of hydrogen-bond acceptors (Lipinski definition) is 4. The van der Waals surface area contributed by atoms with E-state index in [0.717, 1.165) is 6.26 Å². The summed E-state index contributed by atoms with van der Waals surface area (Å²) in [5, 5.41) is 2.80. The minimum absolute atomic E-state index is 0.171. The van der Waals surface area contributed by atoms with Gasteiger partial charge in [0.25, 0.3) is 5.91 Å². The highest BCUT2D eigenvalue weighted by molar-refractivity contribution is 7.92. The summed E-state index contributed by atoms with van der Waals surface area (Å²) in [6.07, 6.45) is 2.08. The number of sulfonamides is 1. The molecule has 9 heteroatoms. The molecule has 2 aromatic carbocycles. The predicted octanol–water partition coefficient (Wildman–Crippen LogP) is 2.69. The fraction of sp³-hybridized carbons (Fsp3) is 0.300. The third-order valence-corrected chi connectivity index (χ3v) is 5.28. The topological polar surface area (TPSA) is 95.6 Å². The molecule has 0 aromatic heterocycles. The van der Waals surface area contributed by atoms with E-state index in [2.05, 4.69) is 10.0 Å². The molecule has 0 aliphatic carbocycles. The number of carbonyl (C=O) groups is 2. The molecule has 0 unspecified atom stereocenters. The van der Waals surface area contributed by atoms with Crippen LogP contribution in [0.5, 0.6) is 0 Å². The number of nitrogens with one attached hydrogen (secondary N) is 2. The summed E-state index contributed by atoms with van der Waals surface area (Å²) in [6, 6.07) is 11.9. The Bertz CT molecular complexity index is 1000. The second kappa shape index (κ2) is 8.60. The molecule has 1 saturated heterocycles. The van der Waals surface area contributed by atoms with Gasteiger partial charge in [-0.1, -0.05) is 6.07 Å². The van der Waals surface area contributed by atoms with Crippen molar-refractivity contribution in [3.05, 3.63) is 59.9 Å². The van der Waals surface area contributed by atoms with E-state index in [-0.39, 0.29) is 17.7 Å². The van der Waals surface area contributed by atoms with Crippen LogP contribution in [0.4, 0.5) is 15.8 Å². The van der Waals surface area contributed by atoms with E-state index in [4.69, 9.17) is 0 Å². The minimum atomic E-state index is -3.40. The lowest BCUT2D eigenvalue weighted by molar-refractivity contribution is -0.121. The van der Waals surface area contributed by atoms with Gasteiger partial charge in [0.05, 0.1) is 11.9 Å². The number of hydrogen-bond donors (Lipinski definition) is 2. The Morgan fingerprint density at radius 3 is 2.28 bits per heavy atom. The van der Waals surface area contributed by atoms with Crippen molar-refractivity contribution in [3.8, 4) is 0 Å². The number of carbonyl (C=O) groups excluding carboxylic acids is 2. The number of piperidine rings is 1. The second-order valence-corrected chi connectivity index (χ2v) is 8.77. The molecule has 3 rings (SSSR count). The fourth-order valence-electron chi connectivity index (χ4n) is 3.24. The van der Waals surface area contributed by atoms with Crippen LogP contribution in [0, 0.1) is 11.7 Å². The van der Waals surface area contributed by atoms with Crippen molar-refractivity contribution < 1.29 is 22.4 Å². The number of benzene rings is 2. The third kappa shape index (κ3) is 5.77. The van der Waals surface area contributed by atoms with E-state index in [0.29, 0.717) is 42.9 Å². The molecule has 1 fully saturated rings. The maximum Gasteiger partial charge on any atom is 0.253 e. The number of rotatable bonds is 5. The molecule has 2 N–H and O–H groups in total. The van der Waals surface area contributed by atoms with Gasteiger partial charge in [-0.2, -0.15) is 0 Å². The van der Waals surface area contributed by atoms with Crippen molar-refractivity contribution in [1.82, 2.24) is 4.90 Å². The van der Waals surface area contributed by atoms with E-state index in [1.54, 1.807) is 29.2 Å². The summed E-state index contributed by atoms with van der Waals surface area (Å²) in [7, 11) is -3.40. The summed E-state index contributed by atoms with van der Waals surface area (Å²) in [4.78, 5) is 26.7. The maximum atomic E-state index is 13.0. The highest BCUT2D eigenvalue weighted by Gasteiger charge is 2.28. The van der Waals surface area contributed by atoms with Crippen LogP contribution in [-0.2, 0) is 14.8 Å². The van der Waals surface area contributed by atoms with Crippen LogP contribution in [-0.4, -0.2) is 44.5 Å². The van der Waals surface area contributed by atoms with Crippen molar-refractivity contribution in [1.29, 1.82) is 0 Å². The summed E-state index contributed by atoms with van der Waals surface area (Å²) in [6.45, 7) is 0.869. The molecule has 1 aliphatic rings. The first kappa shape index (κ1) is 20.8. The van der Waals surface area contributed by atoms with Gasteiger partial charge in [0.2, 0.25) is 15.9 Å². The molecule has 154 valence electrons. The Balaban J connectivity index is 1.56. The van der Waals surface area contributed by atoms with Gasteiger partial charge in [0.1, 0.15) is 5.82 Å². The molecule has 0 spiro atoms. The molecule has 0 saturated carbocycles. The summed E-state index contributed by atoms with van der Waals surface area (Å²) >= 11 is 0. The maximum absolute atomic E-state index is 13.0. The Labute approximate surface area is 169 Å². The van der Waals surface area contributed by atoms with Gasteiger partial charge >= 0.3 is 0 Å². The number of likely N-dealkylation sites (tertiary alicyclic amines) is 1. The van der Waals surface area contributed by atoms with Crippen molar-refractivity contribution in [2.24, 2.45) is 5.92 Å². The molecular weight excluding hydrogens is 397 g/mol. The van der Waals surface area contributed by atoms with Gasteiger partial charge < -0.3 is 10.2 Å². The van der Waals surface area contributed by atoms with Crippen molar-refractivity contribution >= 4 is 33.2 Å². The number of anilines is 2. The van der Waals surface area contributed by atoms with Gasteiger partial charge in [0.15, 0.2) is 0 Å². The van der Waals surface area contributed by atoms with Crippen LogP contribution in [0.1, 0.15) is 23.2 Å². The van der Waals surface area contributed by atoms with Gasteiger partial charge in [0, 0.05) is 30.3 Å². The zero-order valence-electron chi connectivity index (χ0n) is 15.9. The SMILES string of the molecule is CS(=O)(=O)Nc1cccc(NC(=O)C2CCN(C(=O)c3ccc(F)cc3)CC2)c1. The monoisotopic (exact) mass is 419 g/mol. The van der Waals surface area contributed by atoms with Crippen LogP contribution in [0.25, 0.3) is 0 Å². The molecule has 0 radical (unpaired) electrons. The largest absolute Gasteiger partial charge is 0.339 e. The molecule has 2 amide bonds. The zero-order chi connectivity index (χ0) is 21.0. The molecule has 7 nitrogen and oxygen atoms in total. The summed E-state index contributed by atoms with van der Waals surface area (Å²) in [5.74, 6) is -0.995. The molecule has 2 aromatic rings. The van der Waals surface area contributed by atoms with Crippen LogP contribution in [0.2, 0.25) is 0 Å². The van der Waals surface area contributed by atoms with Gasteiger partial charge in [-0.05, 0) is 55.3 Å².